The van der Waals surface area contributed by atoms with Gasteiger partial charge in [-0.25, -0.2) is 0 Å². The lowest BCUT2D eigenvalue weighted by atomic mass is 10.1. The third kappa shape index (κ3) is 29.3. The molecule has 0 aliphatic rings. The summed E-state index contributed by atoms with van der Waals surface area (Å²) in [4.78, 5) is 23.6. The Morgan fingerprint density at radius 3 is 1.53 bits per heavy atom. The normalized spacial score (nSPS) is 10.9. The van der Waals surface area contributed by atoms with Crippen LogP contribution in [0, 0.1) is 5.41 Å². The van der Waals surface area contributed by atoms with Gasteiger partial charge in [-0.05, 0) is 25.0 Å². The summed E-state index contributed by atoms with van der Waals surface area (Å²) < 4.78 is 10.6. The van der Waals surface area contributed by atoms with Crippen LogP contribution in [-0.4, -0.2) is 49.0 Å². The molecule has 0 aromatic heterocycles. The maximum absolute atomic E-state index is 11.9. The Kier molecular flexibility index (Phi) is 29.3. The van der Waals surface area contributed by atoms with Gasteiger partial charge in [0.2, 0.25) is 0 Å². The lowest BCUT2D eigenvalue weighted by Crippen LogP contribution is -2.30. The maximum atomic E-state index is 11.9. The second-order valence-corrected chi connectivity index (χ2v) is 11.6. The first kappa shape index (κ1) is 36.8. The Bertz CT molecular complexity index is 560. The molecular weight excluding hydrogens is 496 g/mol. The van der Waals surface area contributed by atoms with Gasteiger partial charge in [-0.2, -0.15) is 11.8 Å². The van der Waals surface area contributed by atoms with Crippen molar-refractivity contribution in [3.8, 4) is 0 Å². The van der Waals surface area contributed by atoms with E-state index in [1.807, 2.05) is 0 Å². The number of hydrogen-bond acceptors (Lipinski definition) is 6. The fourth-order valence-corrected chi connectivity index (χ4v) is 5.06. The number of amidine groups is 1. The van der Waals surface area contributed by atoms with E-state index in [4.69, 9.17) is 14.9 Å². The molecule has 0 amide bonds. The molecule has 0 fully saturated rings. The third-order valence-corrected chi connectivity index (χ3v) is 7.70. The summed E-state index contributed by atoms with van der Waals surface area (Å²) in [5, 5.41) is 10.8. The molecule has 6 nitrogen and oxygen atoms in total. The molecule has 7 heteroatoms. The zero-order chi connectivity index (χ0) is 27.9. The molecule has 0 aliphatic carbocycles. The molecule has 224 valence electrons. The van der Waals surface area contributed by atoms with Crippen LogP contribution in [-0.2, 0) is 19.1 Å². The molecule has 0 saturated heterocycles. The van der Waals surface area contributed by atoms with Crippen molar-refractivity contribution in [2.75, 3.05) is 31.3 Å². The summed E-state index contributed by atoms with van der Waals surface area (Å²) >= 11 is 1.71. The highest BCUT2D eigenvalue weighted by Crippen LogP contribution is 2.12. The maximum Gasteiger partial charge on any atom is 0.325 e. The number of esters is 2. The number of carbonyl (C=O) groups is 2. The molecule has 0 radical (unpaired) electrons. The minimum absolute atomic E-state index is 0.0623. The van der Waals surface area contributed by atoms with Crippen LogP contribution in [0.2, 0.25) is 0 Å². The highest BCUT2D eigenvalue weighted by molar-refractivity contribution is 7.99. The number of thioether (sulfide) groups is 1. The first-order valence-electron chi connectivity index (χ1n) is 15.8. The highest BCUT2D eigenvalue weighted by atomic mass is 32.2. The molecule has 0 aliphatic heterocycles. The van der Waals surface area contributed by atoms with Crippen LogP contribution < -0.4 is 5.32 Å². The van der Waals surface area contributed by atoms with E-state index in [9.17, 15) is 9.59 Å². The van der Waals surface area contributed by atoms with E-state index in [2.05, 4.69) is 19.2 Å². The van der Waals surface area contributed by atoms with Crippen molar-refractivity contribution in [1.82, 2.24) is 5.32 Å². The Morgan fingerprint density at radius 1 is 0.579 bits per heavy atom. The number of carbonyl (C=O) groups excluding carboxylic acids is 2. The number of ether oxygens (including phenoxy) is 2. The molecule has 0 atom stereocenters. The summed E-state index contributed by atoms with van der Waals surface area (Å²) in [5.74, 6) is 1.61. The molecule has 2 N–H and O–H groups in total. The number of nitrogens with one attached hydrogen (secondary N) is 2. The van der Waals surface area contributed by atoms with Gasteiger partial charge in [0.15, 0.2) is 0 Å². The van der Waals surface area contributed by atoms with Gasteiger partial charge in [0.1, 0.15) is 6.54 Å². The van der Waals surface area contributed by atoms with Gasteiger partial charge >= 0.3 is 11.9 Å². The summed E-state index contributed by atoms with van der Waals surface area (Å²) in [6.07, 6.45) is 24.5. The Balaban J connectivity index is 3.36. The predicted molar refractivity (Wildman–Crippen MR) is 163 cm³/mol. The van der Waals surface area contributed by atoms with E-state index in [0.29, 0.717) is 31.9 Å². The van der Waals surface area contributed by atoms with Gasteiger partial charge < -0.3 is 14.8 Å². The molecule has 0 bridgehead atoms. The third-order valence-electron chi connectivity index (χ3n) is 6.63. The zero-order valence-corrected chi connectivity index (χ0v) is 25.7. The topological polar surface area (TPSA) is 88.5 Å². The fourth-order valence-electron chi connectivity index (χ4n) is 4.20. The van der Waals surface area contributed by atoms with E-state index in [1.165, 1.54) is 89.9 Å². The largest absolute Gasteiger partial charge is 0.466 e. The molecule has 0 aromatic rings. The molecule has 0 unspecified atom stereocenters. The van der Waals surface area contributed by atoms with Gasteiger partial charge in [0.05, 0.1) is 25.5 Å². The summed E-state index contributed by atoms with van der Waals surface area (Å²) in [7, 11) is 0. The van der Waals surface area contributed by atoms with Gasteiger partial charge in [0, 0.05) is 12.2 Å². The van der Waals surface area contributed by atoms with Crippen molar-refractivity contribution in [3.05, 3.63) is 0 Å². The zero-order valence-electron chi connectivity index (χ0n) is 24.9. The van der Waals surface area contributed by atoms with E-state index < -0.39 is 0 Å². The van der Waals surface area contributed by atoms with Crippen molar-refractivity contribution in [3.63, 3.8) is 0 Å². The van der Waals surface area contributed by atoms with E-state index >= 15 is 0 Å². The summed E-state index contributed by atoms with van der Waals surface area (Å²) in [6.45, 7) is 5.54. The molecule has 0 aromatic carbocycles. The van der Waals surface area contributed by atoms with Gasteiger partial charge in [-0.3, -0.25) is 15.0 Å². The lowest BCUT2D eigenvalue weighted by molar-refractivity contribution is -0.143. The van der Waals surface area contributed by atoms with Crippen LogP contribution in [0.4, 0.5) is 0 Å². The number of unbranched alkanes of at least 4 members (excludes halogenated alkanes) is 16. The molecule has 0 spiro atoms. The first-order chi connectivity index (χ1) is 18.6. The molecule has 0 rings (SSSR count). The van der Waals surface area contributed by atoms with Crippen molar-refractivity contribution in [2.45, 2.75) is 149 Å². The summed E-state index contributed by atoms with van der Waals surface area (Å²) in [5.41, 5.74) is 0. The van der Waals surface area contributed by atoms with Crippen LogP contribution in [0.1, 0.15) is 149 Å². The van der Waals surface area contributed by atoms with Crippen LogP contribution >= 0.6 is 11.8 Å². The second kappa shape index (κ2) is 30.3. The Hall–Kier alpha value is -1.24. The monoisotopic (exact) mass is 556 g/mol. The molecule has 0 saturated carbocycles. The molecule has 38 heavy (non-hydrogen) atoms. The Labute approximate surface area is 239 Å². The average Bonchev–Trinajstić information content (AvgIpc) is 2.91. The fraction of sp³-hybridized carbons (Fsp3) is 0.903. The van der Waals surface area contributed by atoms with E-state index in [1.54, 1.807) is 11.8 Å². The number of hydrogen-bond donors (Lipinski definition) is 2. The predicted octanol–water partition coefficient (Wildman–Crippen LogP) is 8.60. The second-order valence-electron chi connectivity index (χ2n) is 10.4. The number of rotatable bonds is 29. The summed E-state index contributed by atoms with van der Waals surface area (Å²) in [6, 6.07) is 0. The minimum Gasteiger partial charge on any atom is -0.466 e. The lowest BCUT2D eigenvalue weighted by Gasteiger charge is -2.08. The van der Waals surface area contributed by atoms with E-state index in [-0.39, 0.29) is 18.5 Å². The van der Waals surface area contributed by atoms with Crippen molar-refractivity contribution in [1.29, 1.82) is 5.41 Å². The molecule has 0 heterocycles. The first-order valence-corrected chi connectivity index (χ1v) is 17.0. The smallest absolute Gasteiger partial charge is 0.325 e. The van der Waals surface area contributed by atoms with Crippen LogP contribution in [0.3, 0.4) is 0 Å². The Morgan fingerprint density at radius 2 is 1.03 bits per heavy atom. The van der Waals surface area contributed by atoms with Crippen molar-refractivity contribution >= 4 is 29.5 Å². The van der Waals surface area contributed by atoms with Crippen LogP contribution in [0.15, 0.2) is 0 Å². The van der Waals surface area contributed by atoms with Gasteiger partial charge in [-0.1, -0.05) is 117 Å². The standard InChI is InChI=1S/C31H60N2O4S/c1-3-5-7-9-11-12-13-14-15-16-18-19-24-36-30(34)23-27-38-26-21-22-29(32)33-28-31(35)37-25-20-17-10-8-6-4-2/h3-28H2,1-2H3,(H2,32,33). The van der Waals surface area contributed by atoms with Gasteiger partial charge in [0.25, 0.3) is 0 Å². The minimum atomic E-state index is -0.292. The van der Waals surface area contributed by atoms with Crippen LogP contribution in [0.25, 0.3) is 0 Å². The molecular formula is C31H60N2O4S. The van der Waals surface area contributed by atoms with Crippen molar-refractivity contribution < 1.29 is 19.1 Å². The highest BCUT2D eigenvalue weighted by Gasteiger charge is 2.06. The quantitative estimate of drug-likeness (QED) is 0.0415. The average molecular weight is 557 g/mol. The van der Waals surface area contributed by atoms with Gasteiger partial charge in [-0.15, -0.1) is 0 Å². The van der Waals surface area contributed by atoms with Crippen LogP contribution in [0.5, 0.6) is 0 Å². The van der Waals surface area contributed by atoms with E-state index in [0.717, 1.165) is 43.6 Å². The van der Waals surface area contributed by atoms with Crippen molar-refractivity contribution in [2.24, 2.45) is 0 Å². The SMILES string of the molecule is CCCCCCCCCCCCCCOC(=O)CCSCCCC(=N)NCC(=O)OCCCCCCCC.